The second kappa shape index (κ2) is 10.7. The Hall–Kier alpha value is -1.75. The molecule has 5 heteroatoms. The number of carbonyl (C=O) groups excluding carboxylic acids is 1. The molecule has 3 aliphatic rings. The van der Waals surface area contributed by atoms with Crippen LogP contribution in [0, 0.1) is 0 Å². The molecule has 4 nitrogen and oxygen atoms in total. The Bertz CT molecular complexity index is 800. The molecule has 168 valence electrons. The Kier molecular flexibility index (Phi) is 7.76. The highest BCUT2D eigenvalue weighted by Gasteiger charge is 2.39. The van der Waals surface area contributed by atoms with Crippen LogP contribution < -0.4 is 4.90 Å². The van der Waals surface area contributed by atoms with Crippen molar-refractivity contribution in [3.63, 3.8) is 0 Å². The molecule has 1 aliphatic heterocycles. The normalized spacial score (nSPS) is 23.8. The lowest BCUT2D eigenvalue weighted by Crippen LogP contribution is -2.41. The van der Waals surface area contributed by atoms with Crippen molar-refractivity contribution < 1.29 is 4.79 Å². The molecule has 2 aliphatic carbocycles. The molecule has 1 saturated heterocycles. The van der Waals surface area contributed by atoms with E-state index in [4.69, 9.17) is 4.99 Å². The number of hydrogen-bond acceptors (Lipinski definition) is 4. The van der Waals surface area contributed by atoms with Crippen molar-refractivity contribution in [1.82, 2.24) is 4.90 Å². The SMILES string of the molecule is CCN(CC)c1ccc(C=C2SC(=NC3CCCCC3)N(C3CCCCC3)C2=O)cc1. The minimum absolute atomic E-state index is 0.166. The van der Waals surface area contributed by atoms with E-state index in [1.54, 1.807) is 11.8 Å². The van der Waals surface area contributed by atoms with Crippen LogP contribution in [0.15, 0.2) is 34.2 Å². The van der Waals surface area contributed by atoms with Crippen LogP contribution in [0.3, 0.4) is 0 Å². The monoisotopic (exact) mass is 439 g/mol. The average Bonchev–Trinajstić information content (AvgIpc) is 3.11. The highest BCUT2D eigenvalue weighted by molar-refractivity contribution is 8.18. The third kappa shape index (κ3) is 5.36. The zero-order valence-corrected chi connectivity index (χ0v) is 20.0. The summed E-state index contributed by atoms with van der Waals surface area (Å²) in [6.07, 6.45) is 14.2. The van der Waals surface area contributed by atoms with E-state index in [2.05, 4.69) is 54.0 Å². The number of aliphatic imine (C=N–C) groups is 1. The number of amides is 1. The largest absolute Gasteiger partial charge is 0.372 e. The van der Waals surface area contributed by atoms with Crippen LogP contribution >= 0.6 is 11.8 Å². The van der Waals surface area contributed by atoms with Crippen LogP contribution in [0.5, 0.6) is 0 Å². The Morgan fingerprint density at radius 2 is 1.58 bits per heavy atom. The standard InChI is InChI=1S/C26H37N3OS/c1-3-28(4-2)22-17-15-20(16-18-22)19-24-25(30)29(23-13-9-6-10-14-23)26(31-24)27-21-11-7-5-8-12-21/h15-19,21,23H,3-14H2,1-2H3. The van der Waals surface area contributed by atoms with Crippen LogP contribution in [0.2, 0.25) is 0 Å². The smallest absolute Gasteiger partial charge is 0.266 e. The van der Waals surface area contributed by atoms with Crippen LogP contribution in [0.4, 0.5) is 5.69 Å². The van der Waals surface area contributed by atoms with Gasteiger partial charge in [0.2, 0.25) is 0 Å². The summed E-state index contributed by atoms with van der Waals surface area (Å²) in [4.78, 5) is 23.8. The number of amidine groups is 1. The van der Waals surface area contributed by atoms with Crippen LogP contribution in [0.1, 0.15) is 83.6 Å². The van der Waals surface area contributed by atoms with Gasteiger partial charge in [-0.15, -0.1) is 0 Å². The molecule has 0 aromatic heterocycles. The summed E-state index contributed by atoms with van der Waals surface area (Å²) >= 11 is 1.61. The van der Waals surface area contributed by atoms with Crippen LogP contribution in [-0.2, 0) is 4.79 Å². The minimum atomic E-state index is 0.166. The van der Waals surface area contributed by atoms with Crippen LogP contribution in [0.25, 0.3) is 6.08 Å². The molecule has 1 aromatic carbocycles. The van der Waals surface area contributed by atoms with Crippen molar-refractivity contribution in [2.45, 2.75) is 90.1 Å². The van der Waals surface area contributed by atoms with E-state index >= 15 is 0 Å². The van der Waals surface area contributed by atoms with E-state index < -0.39 is 0 Å². The van der Waals surface area contributed by atoms with Gasteiger partial charge in [0.25, 0.3) is 5.91 Å². The van der Waals surface area contributed by atoms with Crippen LogP contribution in [-0.4, -0.2) is 41.1 Å². The number of hydrogen-bond donors (Lipinski definition) is 0. The van der Waals surface area contributed by atoms with Crippen molar-refractivity contribution in [3.05, 3.63) is 34.7 Å². The number of anilines is 1. The summed E-state index contributed by atoms with van der Waals surface area (Å²) in [6, 6.07) is 9.32. The molecule has 0 spiro atoms. The van der Waals surface area contributed by atoms with E-state index in [1.807, 2.05) is 0 Å². The van der Waals surface area contributed by atoms with Gasteiger partial charge in [0.1, 0.15) is 0 Å². The topological polar surface area (TPSA) is 35.9 Å². The van der Waals surface area contributed by atoms with E-state index in [-0.39, 0.29) is 5.91 Å². The Morgan fingerprint density at radius 3 is 2.19 bits per heavy atom. The van der Waals surface area contributed by atoms with Crippen molar-refractivity contribution in [3.8, 4) is 0 Å². The maximum Gasteiger partial charge on any atom is 0.266 e. The van der Waals surface area contributed by atoms with Gasteiger partial charge in [-0.25, -0.2) is 0 Å². The number of thioether (sulfide) groups is 1. The molecular formula is C26H37N3OS. The molecule has 0 N–H and O–H groups in total. The first kappa shape index (κ1) is 22.4. The molecule has 0 unspecified atom stereocenters. The van der Waals surface area contributed by atoms with E-state index in [0.717, 1.165) is 41.6 Å². The zero-order valence-electron chi connectivity index (χ0n) is 19.2. The fourth-order valence-corrected chi connectivity index (χ4v) is 6.24. The molecule has 2 saturated carbocycles. The molecule has 1 aromatic rings. The van der Waals surface area contributed by atoms with Crippen molar-refractivity contribution >= 4 is 34.6 Å². The quantitative estimate of drug-likeness (QED) is 0.477. The Balaban J connectivity index is 1.57. The molecule has 1 heterocycles. The van der Waals surface area contributed by atoms with E-state index in [9.17, 15) is 4.79 Å². The van der Waals surface area contributed by atoms with E-state index in [0.29, 0.717) is 12.1 Å². The van der Waals surface area contributed by atoms with Gasteiger partial charge >= 0.3 is 0 Å². The summed E-state index contributed by atoms with van der Waals surface area (Å²) in [7, 11) is 0. The van der Waals surface area contributed by atoms with Gasteiger partial charge < -0.3 is 4.90 Å². The van der Waals surface area contributed by atoms with E-state index in [1.165, 1.54) is 57.1 Å². The fourth-order valence-electron chi connectivity index (χ4n) is 5.13. The maximum atomic E-state index is 13.5. The van der Waals surface area contributed by atoms with Crippen molar-refractivity contribution in [2.24, 2.45) is 4.99 Å². The highest BCUT2D eigenvalue weighted by Crippen LogP contribution is 2.38. The van der Waals surface area contributed by atoms with Gasteiger partial charge in [-0.05, 0) is 75.1 Å². The number of nitrogens with zero attached hydrogens (tertiary/aromatic N) is 3. The highest BCUT2D eigenvalue weighted by atomic mass is 32.2. The molecule has 0 radical (unpaired) electrons. The summed E-state index contributed by atoms with van der Waals surface area (Å²) < 4.78 is 0. The predicted octanol–water partition coefficient (Wildman–Crippen LogP) is 6.47. The summed E-state index contributed by atoms with van der Waals surface area (Å²) in [5, 5.41) is 0.967. The minimum Gasteiger partial charge on any atom is -0.372 e. The summed E-state index contributed by atoms with van der Waals surface area (Å²) in [6.45, 7) is 6.37. The molecule has 31 heavy (non-hydrogen) atoms. The Labute approximate surface area is 192 Å². The van der Waals surface area contributed by atoms with Gasteiger partial charge in [-0.2, -0.15) is 0 Å². The lowest BCUT2D eigenvalue weighted by Gasteiger charge is -2.31. The molecule has 4 rings (SSSR count). The maximum absolute atomic E-state index is 13.5. The average molecular weight is 440 g/mol. The van der Waals surface area contributed by atoms with Crippen molar-refractivity contribution in [1.29, 1.82) is 0 Å². The van der Waals surface area contributed by atoms with Gasteiger partial charge in [-0.3, -0.25) is 14.7 Å². The second-order valence-corrected chi connectivity index (χ2v) is 10.1. The molecule has 0 bridgehead atoms. The lowest BCUT2D eigenvalue weighted by molar-refractivity contribution is -0.124. The fraction of sp³-hybridized carbons (Fsp3) is 0.615. The number of benzene rings is 1. The first-order valence-electron chi connectivity index (χ1n) is 12.4. The first-order chi connectivity index (χ1) is 15.2. The Morgan fingerprint density at radius 1 is 0.968 bits per heavy atom. The van der Waals surface area contributed by atoms with Crippen molar-refractivity contribution in [2.75, 3.05) is 18.0 Å². The molecule has 1 amide bonds. The van der Waals surface area contributed by atoms with Gasteiger partial charge in [-0.1, -0.05) is 50.7 Å². The molecule has 3 fully saturated rings. The third-order valence-electron chi connectivity index (χ3n) is 6.96. The zero-order chi connectivity index (χ0) is 21.6. The second-order valence-electron chi connectivity index (χ2n) is 9.04. The summed E-state index contributed by atoms with van der Waals surface area (Å²) in [5.74, 6) is 0.166. The lowest BCUT2D eigenvalue weighted by atomic mass is 9.94. The number of rotatable bonds is 6. The first-order valence-corrected chi connectivity index (χ1v) is 13.2. The molecule has 0 atom stereocenters. The third-order valence-corrected chi connectivity index (χ3v) is 7.96. The van der Waals surface area contributed by atoms with Gasteiger partial charge in [0, 0.05) is 24.8 Å². The van der Waals surface area contributed by atoms with Gasteiger partial charge in [0.05, 0.1) is 10.9 Å². The summed E-state index contributed by atoms with van der Waals surface area (Å²) in [5.41, 5.74) is 2.33. The predicted molar refractivity (Wildman–Crippen MR) is 134 cm³/mol. The number of carbonyl (C=O) groups is 1. The van der Waals surface area contributed by atoms with Gasteiger partial charge in [0.15, 0.2) is 5.17 Å². The molecular weight excluding hydrogens is 402 g/mol.